The van der Waals surface area contributed by atoms with Gasteiger partial charge in [0.25, 0.3) is 5.69 Å². The number of nitro benzene ring substituents is 1. The lowest BCUT2D eigenvalue weighted by atomic mass is 9.73. The summed E-state index contributed by atoms with van der Waals surface area (Å²) >= 11 is 0. The molecule has 1 fully saturated rings. The minimum absolute atomic E-state index is 0.116. The van der Waals surface area contributed by atoms with Crippen molar-refractivity contribution in [1.82, 2.24) is 0 Å². The van der Waals surface area contributed by atoms with Gasteiger partial charge in [0, 0.05) is 12.1 Å². The Balaban J connectivity index is 2.62. The zero-order chi connectivity index (χ0) is 18.8. The quantitative estimate of drug-likeness (QED) is 0.264. The van der Waals surface area contributed by atoms with Gasteiger partial charge in [-0.1, -0.05) is 13.5 Å². The maximum absolute atomic E-state index is 12.6. The number of nitro groups is 1. The van der Waals surface area contributed by atoms with Crippen LogP contribution in [0.1, 0.15) is 25.0 Å². The molecule has 0 aromatic heterocycles. The van der Waals surface area contributed by atoms with E-state index in [0.29, 0.717) is 12.0 Å². The van der Waals surface area contributed by atoms with Gasteiger partial charge in [0.05, 0.1) is 25.2 Å². The predicted octanol–water partition coefficient (Wildman–Crippen LogP) is 2.33. The summed E-state index contributed by atoms with van der Waals surface area (Å²) in [7, 11) is 2.32. The third-order valence-corrected chi connectivity index (χ3v) is 4.38. The molecule has 0 spiro atoms. The second kappa shape index (κ2) is 7.02. The van der Waals surface area contributed by atoms with Gasteiger partial charge in [0.2, 0.25) is 5.41 Å². The fraction of sp³-hybridized carbons (Fsp3) is 0.412. The van der Waals surface area contributed by atoms with Crippen molar-refractivity contribution < 1.29 is 28.7 Å². The molecule has 1 heterocycles. The van der Waals surface area contributed by atoms with Crippen molar-refractivity contribution in [2.75, 3.05) is 14.2 Å². The molecule has 0 amide bonds. The Bertz CT molecular complexity index is 694. The third kappa shape index (κ3) is 2.78. The van der Waals surface area contributed by atoms with Crippen molar-refractivity contribution in [3.8, 4) is 0 Å². The molecular weight excluding hydrogens is 330 g/mol. The van der Waals surface area contributed by atoms with E-state index in [1.165, 1.54) is 24.3 Å². The van der Waals surface area contributed by atoms with Crippen LogP contribution >= 0.6 is 0 Å². The van der Waals surface area contributed by atoms with Crippen LogP contribution < -0.4 is 0 Å². The largest absolute Gasteiger partial charge is 0.468 e. The molecule has 1 aromatic carbocycles. The second-order valence-corrected chi connectivity index (χ2v) is 5.58. The first-order valence-electron chi connectivity index (χ1n) is 7.60. The molecule has 1 aliphatic rings. The molecule has 0 bridgehead atoms. The lowest BCUT2D eigenvalue weighted by molar-refractivity contribution is -0.384. The van der Waals surface area contributed by atoms with Gasteiger partial charge in [-0.05, 0) is 29.7 Å². The maximum Gasteiger partial charge on any atom is 0.330 e. The number of hydrogen-bond donors (Lipinski definition) is 0. The van der Waals surface area contributed by atoms with E-state index < -0.39 is 34.5 Å². The van der Waals surface area contributed by atoms with Crippen LogP contribution in [0.25, 0.3) is 0 Å². The summed E-state index contributed by atoms with van der Waals surface area (Å²) in [4.78, 5) is 35.5. The van der Waals surface area contributed by atoms with Crippen molar-refractivity contribution in [3.05, 3.63) is 52.1 Å². The minimum atomic E-state index is -1.86. The zero-order valence-electron chi connectivity index (χ0n) is 14.2. The Morgan fingerprint density at radius 2 is 1.76 bits per heavy atom. The molecule has 1 aliphatic heterocycles. The summed E-state index contributed by atoms with van der Waals surface area (Å²) in [5, 5.41) is 10.8. The normalized spacial score (nSPS) is 21.6. The highest BCUT2D eigenvalue weighted by molar-refractivity contribution is 6.05. The molecule has 0 aliphatic carbocycles. The second-order valence-electron chi connectivity index (χ2n) is 5.58. The Morgan fingerprint density at radius 1 is 1.24 bits per heavy atom. The van der Waals surface area contributed by atoms with Crippen molar-refractivity contribution in [2.45, 2.75) is 25.6 Å². The number of hydrogen-bond acceptors (Lipinski definition) is 7. The van der Waals surface area contributed by atoms with Gasteiger partial charge < -0.3 is 14.2 Å². The number of benzene rings is 1. The first-order valence-corrected chi connectivity index (χ1v) is 7.60. The molecule has 2 unspecified atom stereocenters. The molecule has 2 rings (SSSR count). The Morgan fingerprint density at radius 3 is 2.16 bits per heavy atom. The van der Waals surface area contributed by atoms with Crippen LogP contribution in [-0.4, -0.2) is 37.2 Å². The fourth-order valence-electron chi connectivity index (χ4n) is 3.09. The summed E-state index contributed by atoms with van der Waals surface area (Å²) in [5.74, 6) is -1.69. The van der Waals surface area contributed by atoms with E-state index >= 15 is 0 Å². The molecule has 134 valence electrons. The lowest BCUT2D eigenvalue weighted by Gasteiger charge is -2.29. The third-order valence-electron chi connectivity index (χ3n) is 4.38. The maximum atomic E-state index is 12.6. The lowest BCUT2D eigenvalue weighted by Crippen LogP contribution is -2.45. The van der Waals surface area contributed by atoms with E-state index in [-0.39, 0.29) is 11.3 Å². The molecule has 0 radical (unpaired) electrons. The van der Waals surface area contributed by atoms with Crippen molar-refractivity contribution in [1.29, 1.82) is 0 Å². The molecular formula is C17H19NO7. The number of non-ortho nitro benzene ring substituents is 1. The van der Waals surface area contributed by atoms with Gasteiger partial charge in [0.15, 0.2) is 0 Å². The SMILES string of the molecule is C=C1C(CC)OC(c2ccc([N+](=O)[O-])cc2)C1(C(=O)OC)C(=O)OC. The van der Waals surface area contributed by atoms with Gasteiger partial charge in [-0.15, -0.1) is 0 Å². The summed E-state index contributed by atoms with van der Waals surface area (Å²) in [6, 6.07) is 5.43. The van der Waals surface area contributed by atoms with Crippen LogP contribution in [0.3, 0.4) is 0 Å². The number of rotatable bonds is 5. The average molecular weight is 349 g/mol. The van der Waals surface area contributed by atoms with Crippen LogP contribution in [-0.2, 0) is 23.8 Å². The molecule has 1 saturated heterocycles. The van der Waals surface area contributed by atoms with Crippen LogP contribution in [0.5, 0.6) is 0 Å². The molecule has 25 heavy (non-hydrogen) atoms. The standard InChI is InChI=1S/C17H19NO7/c1-5-13-10(2)17(15(19)23-3,16(20)24-4)14(25-13)11-6-8-12(9-7-11)18(21)22/h6-9,13-14H,2,5H2,1,3-4H3. The first-order chi connectivity index (χ1) is 11.8. The topological polar surface area (TPSA) is 105 Å². The number of methoxy groups -OCH3 is 2. The van der Waals surface area contributed by atoms with E-state index in [1.54, 1.807) is 0 Å². The summed E-state index contributed by atoms with van der Waals surface area (Å²) in [6.45, 7) is 5.71. The highest BCUT2D eigenvalue weighted by Gasteiger charge is 2.64. The van der Waals surface area contributed by atoms with E-state index in [4.69, 9.17) is 14.2 Å². The molecule has 8 nitrogen and oxygen atoms in total. The van der Waals surface area contributed by atoms with Crippen molar-refractivity contribution in [3.63, 3.8) is 0 Å². The average Bonchev–Trinajstić information content (AvgIpc) is 2.93. The molecule has 0 saturated carbocycles. The molecule has 1 aromatic rings. The smallest absolute Gasteiger partial charge is 0.330 e. The van der Waals surface area contributed by atoms with Crippen LogP contribution in [0.4, 0.5) is 5.69 Å². The van der Waals surface area contributed by atoms with Crippen LogP contribution in [0.2, 0.25) is 0 Å². The highest BCUT2D eigenvalue weighted by atomic mass is 16.6. The van der Waals surface area contributed by atoms with E-state index in [0.717, 1.165) is 14.2 Å². The first kappa shape index (κ1) is 18.6. The molecule has 2 atom stereocenters. The Labute approximate surface area is 144 Å². The summed E-state index contributed by atoms with van der Waals surface area (Å²) in [5.41, 5.74) is -1.31. The van der Waals surface area contributed by atoms with Gasteiger partial charge in [-0.3, -0.25) is 19.7 Å². The summed E-state index contributed by atoms with van der Waals surface area (Å²) in [6.07, 6.45) is -1.12. The number of esters is 2. The Hall–Kier alpha value is -2.74. The van der Waals surface area contributed by atoms with E-state index in [1.807, 2.05) is 6.92 Å². The number of nitrogens with zero attached hydrogens (tertiary/aromatic N) is 1. The van der Waals surface area contributed by atoms with Crippen molar-refractivity contribution >= 4 is 17.6 Å². The van der Waals surface area contributed by atoms with E-state index in [9.17, 15) is 19.7 Å². The molecule has 8 heteroatoms. The van der Waals surface area contributed by atoms with Gasteiger partial charge in [-0.25, -0.2) is 0 Å². The Kier molecular flexibility index (Phi) is 5.22. The predicted molar refractivity (Wildman–Crippen MR) is 86.6 cm³/mol. The van der Waals surface area contributed by atoms with E-state index in [2.05, 4.69) is 6.58 Å². The number of carbonyl (C=O) groups is 2. The fourth-order valence-corrected chi connectivity index (χ4v) is 3.09. The van der Waals surface area contributed by atoms with Gasteiger partial charge in [0.1, 0.15) is 6.10 Å². The van der Waals surface area contributed by atoms with Gasteiger partial charge >= 0.3 is 11.9 Å². The van der Waals surface area contributed by atoms with Gasteiger partial charge in [-0.2, -0.15) is 0 Å². The number of carbonyl (C=O) groups excluding carboxylic acids is 2. The number of ether oxygens (including phenoxy) is 3. The molecule has 0 N–H and O–H groups in total. The minimum Gasteiger partial charge on any atom is -0.468 e. The monoisotopic (exact) mass is 349 g/mol. The summed E-state index contributed by atoms with van der Waals surface area (Å²) < 4.78 is 15.6. The van der Waals surface area contributed by atoms with Crippen molar-refractivity contribution in [2.24, 2.45) is 5.41 Å². The zero-order valence-corrected chi connectivity index (χ0v) is 14.2. The highest BCUT2D eigenvalue weighted by Crippen LogP contribution is 2.53. The van der Waals surface area contributed by atoms with Crippen LogP contribution in [0.15, 0.2) is 36.4 Å². The van der Waals surface area contributed by atoms with Crippen LogP contribution in [0, 0.1) is 15.5 Å².